The third-order valence-electron chi connectivity index (χ3n) is 4.48. The lowest BCUT2D eigenvalue weighted by atomic mass is 9.84. The fourth-order valence-corrected chi connectivity index (χ4v) is 3.45. The fraction of sp³-hybridized carbons (Fsp3) is 0.647. The predicted molar refractivity (Wildman–Crippen MR) is 79.5 cm³/mol. The molecule has 0 radical (unpaired) electrons. The van der Waals surface area contributed by atoms with Crippen LogP contribution in [0.15, 0.2) is 18.2 Å². The van der Waals surface area contributed by atoms with E-state index in [-0.39, 0.29) is 0 Å². The van der Waals surface area contributed by atoms with E-state index in [1.807, 2.05) is 0 Å². The van der Waals surface area contributed by atoms with Gasteiger partial charge in [-0.05, 0) is 55.5 Å². The standard InChI is InChI=1S/C17H24F3N/c1-3-21-16-8-6-4-5-7-15(16)14-10-9-13(11-12(14)2)17(18,19)20/h9-11,15-16,21H,3-8H2,1-2H3. The molecule has 0 spiro atoms. The van der Waals surface area contributed by atoms with Crippen LogP contribution in [-0.4, -0.2) is 12.6 Å². The molecule has 2 atom stereocenters. The Labute approximate surface area is 124 Å². The summed E-state index contributed by atoms with van der Waals surface area (Å²) in [5, 5.41) is 3.52. The Kier molecular flexibility index (Phi) is 5.31. The second kappa shape index (κ2) is 6.82. The third-order valence-corrected chi connectivity index (χ3v) is 4.48. The molecule has 0 bridgehead atoms. The molecule has 118 valence electrons. The van der Waals surface area contributed by atoms with Crippen LogP contribution in [0, 0.1) is 6.92 Å². The van der Waals surface area contributed by atoms with Crippen LogP contribution < -0.4 is 5.32 Å². The number of alkyl halides is 3. The van der Waals surface area contributed by atoms with E-state index in [2.05, 4.69) is 12.2 Å². The Morgan fingerprint density at radius 1 is 1.14 bits per heavy atom. The summed E-state index contributed by atoms with van der Waals surface area (Å²) < 4.78 is 38.4. The van der Waals surface area contributed by atoms with E-state index in [9.17, 15) is 13.2 Å². The summed E-state index contributed by atoms with van der Waals surface area (Å²) in [5.74, 6) is 0.328. The molecule has 1 aromatic rings. The summed E-state index contributed by atoms with van der Waals surface area (Å²) in [4.78, 5) is 0. The van der Waals surface area contributed by atoms with E-state index in [1.165, 1.54) is 25.0 Å². The van der Waals surface area contributed by atoms with Gasteiger partial charge in [-0.3, -0.25) is 0 Å². The largest absolute Gasteiger partial charge is 0.416 e. The summed E-state index contributed by atoms with van der Waals surface area (Å²) in [6.07, 6.45) is 1.50. The van der Waals surface area contributed by atoms with E-state index in [1.54, 1.807) is 13.0 Å². The molecule has 1 aliphatic rings. The molecular weight excluding hydrogens is 275 g/mol. The summed E-state index contributed by atoms with van der Waals surface area (Å²) in [5.41, 5.74) is 1.30. The summed E-state index contributed by atoms with van der Waals surface area (Å²) >= 11 is 0. The molecule has 0 aliphatic heterocycles. The van der Waals surface area contributed by atoms with Gasteiger partial charge in [-0.15, -0.1) is 0 Å². The number of aryl methyl sites for hydroxylation is 1. The van der Waals surface area contributed by atoms with Crippen molar-refractivity contribution in [2.75, 3.05) is 6.54 Å². The number of benzene rings is 1. The molecule has 2 unspecified atom stereocenters. The van der Waals surface area contributed by atoms with Gasteiger partial charge >= 0.3 is 6.18 Å². The molecular formula is C17H24F3N. The van der Waals surface area contributed by atoms with Crippen LogP contribution in [0.1, 0.15) is 61.6 Å². The van der Waals surface area contributed by atoms with Crippen LogP contribution in [0.25, 0.3) is 0 Å². The monoisotopic (exact) mass is 299 g/mol. The molecule has 1 nitrogen and oxygen atoms in total. The zero-order valence-corrected chi connectivity index (χ0v) is 12.8. The predicted octanol–water partition coefficient (Wildman–Crippen LogP) is 5.04. The maximum atomic E-state index is 12.8. The minimum absolute atomic E-state index is 0.328. The van der Waals surface area contributed by atoms with Gasteiger partial charge in [0.05, 0.1) is 5.56 Å². The van der Waals surface area contributed by atoms with Gasteiger partial charge in [-0.1, -0.05) is 32.3 Å². The fourth-order valence-electron chi connectivity index (χ4n) is 3.45. The van der Waals surface area contributed by atoms with E-state index in [0.29, 0.717) is 12.0 Å². The van der Waals surface area contributed by atoms with Crippen LogP contribution >= 0.6 is 0 Å². The average Bonchev–Trinajstić information content (AvgIpc) is 2.64. The lowest BCUT2D eigenvalue weighted by Crippen LogP contribution is -2.34. The van der Waals surface area contributed by atoms with Gasteiger partial charge in [0.25, 0.3) is 0 Å². The van der Waals surface area contributed by atoms with Crippen molar-refractivity contribution in [2.24, 2.45) is 0 Å². The summed E-state index contributed by atoms with van der Waals surface area (Å²) in [6.45, 7) is 4.79. The Morgan fingerprint density at radius 2 is 1.86 bits per heavy atom. The molecule has 0 saturated heterocycles. The maximum absolute atomic E-state index is 12.8. The van der Waals surface area contributed by atoms with Crippen molar-refractivity contribution in [1.29, 1.82) is 0 Å². The van der Waals surface area contributed by atoms with Crippen molar-refractivity contribution in [3.63, 3.8) is 0 Å². The average molecular weight is 299 g/mol. The van der Waals surface area contributed by atoms with E-state index in [4.69, 9.17) is 0 Å². The van der Waals surface area contributed by atoms with E-state index >= 15 is 0 Å². The number of nitrogens with one attached hydrogen (secondary N) is 1. The van der Waals surface area contributed by atoms with Crippen LogP contribution in [-0.2, 0) is 6.18 Å². The van der Waals surface area contributed by atoms with Crippen LogP contribution in [0.3, 0.4) is 0 Å². The minimum Gasteiger partial charge on any atom is -0.314 e. The quantitative estimate of drug-likeness (QED) is 0.771. The first-order chi connectivity index (χ1) is 9.93. The number of hydrogen-bond donors (Lipinski definition) is 1. The van der Waals surface area contributed by atoms with Gasteiger partial charge in [-0.2, -0.15) is 13.2 Å². The van der Waals surface area contributed by atoms with Crippen LogP contribution in [0.2, 0.25) is 0 Å². The molecule has 1 aromatic carbocycles. The smallest absolute Gasteiger partial charge is 0.314 e. The molecule has 1 fully saturated rings. The molecule has 0 aromatic heterocycles. The molecule has 0 heterocycles. The Balaban J connectivity index is 2.29. The zero-order chi connectivity index (χ0) is 15.5. The highest BCUT2D eigenvalue weighted by Crippen LogP contribution is 2.36. The first-order valence-corrected chi connectivity index (χ1v) is 7.84. The maximum Gasteiger partial charge on any atom is 0.416 e. The van der Waals surface area contributed by atoms with Gasteiger partial charge < -0.3 is 5.32 Å². The number of hydrogen-bond acceptors (Lipinski definition) is 1. The minimum atomic E-state index is -4.26. The molecule has 21 heavy (non-hydrogen) atoms. The molecule has 4 heteroatoms. The highest BCUT2D eigenvalue weighted by molar-refractivity contribution is 5.36. The van der Waals surface area contributed by atoms with Crippen molar-refractivity contribution in [3.05, 3.63) is 34.9 Å². The topological polar surface area (TPSA) is 12.0 Å². The van der Waals surface area contributed by atoms with Crippen molar-refractivity contribution in [2.45, 2.75) is 64.1 Å². The van der Waals surface area contributed by atoms with Gasteiger partial charge in [0.1, 0.15) is 0 Å². The van der Waals surface area contributed by atoms with Crippen LogP contribution in [0.4, 0.5) is 13.2 Å². The Morgan fingerprint density at radius 3 is 2.48 bits per heavy atom. The van der Waals surface area contributed by atoms with Gasteiger partial charge in [0, 0.05) is 6.04 Å². The number of halogens is 3. The van der Waals surface area contributed by atoms with Gasteiger partial charge in [0.15, 0.2) is 0 Å². The van der Waals surface area contributed by atoms with Crippen molar-refractivity contribution < 1.29 is 13.2 Å². The molecule has 1 aliphatic carbocycles. The zero-order valence-electron chi connectivity index (χ0n) is 12.8. The highest BCUT2D eigenvalue weighted by Gasteiger charge is 2.32. The van der Waals surface area contributed by atoms with E-state index < -0.39 is 11.7 Å². The molecule has 2 rings (SSSR count). The highest BCUT2D eigenvalue weighted by atomic mass is 19.4. The number of rotatable bonds is 3. The molecule has 0 amide bonds. The van der Waals surface area contributed by atoms with E-state index in [0.717, 1.165) is 36.9 Å². The lowest BCUT2D eigenvalue weighted by molar-refractivity contribution is -0.137. The second-order valence-electron chi connectivity index (χ2n) is 5.98. The Hall–Kier alpha value is -1.03. The second-order valence-corrected chi connectivity index (χ2v) is 5.98. The van der Waals surface area contributed by atoms with Gasteiger partial charge in [0.2, 0.25) is 0 Å². The van der Waals surface area contributed by atoms with Crippen molar-refractivity contribution >= 4 is 0 Å². The first kappa shape index (κ1) is 16.3. The summed E-state index contributed by atoms with van der Waals surface area (Å²) in [7, 11) is 0. The van der Waals surface area contributed by atoms with Crippen LogP contribution in [0.5, 0.6) is 0 Å². The lowest BCUT2D eigenvalue weighted by Gasteiger charge is -2.28. The summed E-state index contributed by atoms with van der Waals surface area (Å²) in [6, 6.07) is 4.60. The van der Waals surface area contributed by atoms with Crippen molar-refractivity contribution in [1.82, 2.24) is 5.32 Å². The van der Waals surface area contributed by atoms with Gasteiger partial charge in [-0.25, -0.2) is 0 Å². The normalized spacial score (nSPS) is 23.9. The SMILES string of the molecule is CCNC1CCCCCC1c1ccc(C(F)(F)F)cc1C. The Bertz CT molecular complexity index is 468. The van der Waals surface area contributed by atoms with Crippen molar-refractivity contribution in [3.8, 4) is 0 Å². The number of likely N-dealkylation sites (N-methyl/N-ethyl adjacent to an activating group) is 1. The first-order valence-electron chi connectivity index (χ1n) is 7.84. The molecule has 1 N–H and O–H groups in total. The molecule has 1 saturated carbocycles. The third kappa shape index (κ3) is 4.00.